The molecule has 0 amide bonds. The van der Waals surface area contributed by atoms with Gasteiger partial charge in [-0.15, -0.1) is 13.2 Å². The summed E-state index contributed by atoms with van der Waals surface area (Å²) in [5.41, 5.74) is -3.27. The molecule has 3 aromatic carbocycles. The van der Waals surface area contributed by atoms with Crippen LogP contribution in [0.15, 0.2) is 66.7 Å². The molecule has 2 atom stereocenters. The first kappa shape index (κ1) is 29.7. The first-order valence-electron chi connectivity index (χ1n) is 11.5. The summed E-state index contributed by atoms with van der Waals surface area (Å²) in [5.74, 6) is -0.886. The number of rotatable bonds is 7. The Bertz CT molecular complexity index is 1330. The third kappa shape index (κ3) is 7.47. The van der Waals surface area contributed by atoms with Gasteiger partial charge in [0.25, 0.3) is 0 Å². The Morgan fingerprint density at radius 3 is 2.30 bits per heavy atom. The number of alkyl halides is 9. The quantitative estimate of drug-likeness (QED) is 0.281. The van der Waals surface area contributed by atoms with Crippen molar-refractivity contribution in [3.05, 3.63) is 77.9 Å². The van der Waals surface area contributed by atoms with Crippen LogP contribution in [0.3, 0.4) is 0 Å². The van der Waals surface area contributed by atoms with Gasteiger partial charge >= 0.3 is 18.0 Å². The fourth-order valence-corrected chi connectivity index (χ4v) is 4.77. The lowest BCUT2D eigenvalue weighted by Crippen LogP contribution is -2.46. The predicted molar refractivity (Wildman–Crippen MR) is 130 cm³/mol. The van der Waals surface area contributed by atoms with Crippen molar-refractivity contribution in [1.29, 1.82) is 0 Å². The maximum Gasteiger partial charge on any atom is 0.573 e. The van der Waals surface area contributed by atoms with Crippen molar-refractivity contribution in [1.82, 2.24) is 0 Å². The highest BCUT2D eigenvalue weighted by molar-refractivity contribution is 7.99. The van der Waals surface area contributed by atoms with Gasteiger partial charge in [0.2, 0.25) is 0 Å². The SMILES string of the molecule is OC(CN1c2cccc(-c3cccc(OC(F)(F)F)c3)c2OCC1c1cccc(CSC(F)(F)F)c1)C(F)(F)F. The molecule has 1 N–H and O–H groups in total. The minimum absolute atomic E-state index is 0.0565. The molecule has 0 bridgehead atoms. The van der Waals surface area contributed by atoms with E-state index in [9.17, 15) is 44.6 Å². The standard InChI is InChI=1S/C26H20F9NO3S/c27-24(28,29)22(37)12-36-20-9-3-8-19(16-5-2-7-18(11-16)39-25(30,31)32)23(20)38-13-21(36)17-6-1-4-15(10-17)14-40-26(33,34)35/h1-11,21-22,37H,12-14H2. The second-order valence-corrected chi connectivity index (χ2v) is 9.79. The van der Waals surface area contributed by atoms with Crippen LogP contribution in [-0.2, 0) is 5.75 Å². The summed E-state index contributed by atoms with van der Waals surface area (Å²) in [7, 11) is 0. The normalized spacial score (nSPS) is 16.8. The Hall–Kier alpha value is -3.26. The number of aliphatic hydroxyl groups excluding tert-OH is 1. The zero-order chi connectivity index (χ0) is 29.3. The Labute approximate surface area is 226 Å². The number of thioether (sulfide) groups is 1. The van der Waals surface area contributed by atoms with E-state index in [4.69, 9.17) is 4.74 Å². The lowest BCUT2D eigenvalue weighted by molar-refractivity contribution is -0.274. The molecular weight excluding hydrogens is 577 g/mol. The molecule has 0 radical (unpaired) electrons. The lowest BCUT2D eigenvalue weighted by Gasteiger charge is -2.41. The minimum Gasteiger partial charge on any atom is -0.488 e. The van der Waals surface area contributed by atoms with Crippen LogP contribution in [0.4, 0.5) is 45.2 Å². The largest absolute Gasteiger partial charge is 0.573 e. The summed E-state index contributed by atoms with van der Waals surface area (Å²) in [6, 6.07) is 14.3. The lowest BCUT2D eigenvalue weighted by atomic mass is 9.97. The van der Waals surface area contributed by atoms with Crippen LogP contribution in [0, 0.1) is 0 Å². The monoisotopic (exact) mass is 597 g/mol. The van der Waals surface area contributed by atoms with Crippen molar-refractivity contribution < 1.29 is 54.1 Å². The molecule has 0 aromatic heterocycles. The average Bonchev–Trinajstić information content (AvgIpc) is 2.85. The number of nitrogens with zero attached hydrogens (tertiary/aromatic N) is 1. The summed E-state index contributed by atoms with van der Waals surface area (Å²) < 4.78 is 126. The number of halogens is 9. The van der Waals surface area contributed by atoms with Crippen LogP contribution in [-0.4, -0.2) is 42.4 Å². The van der Waals surface area contributed by atoms with Crippen LogP contribution >= 0.6 is 11.8 Å². The second kappa shape index (κ2) is 11.3. The van der Waals surface area contributed by atoms with Gasteiger partial charge in [-0.05, 0) is 46.7 Å². The van der Waals surface area contributed by atoms with Gasteiger partial charge in [0.05, 0.1) is 18.3 Å². The molecule has 1 aliphatic rings. The van der Waals surface area contributed by atoms with Gasteiger partial charge in [0, 0.05) is 11.3 Å². The summed E-state index contributed by atoms with van der Waals surface area (Å²) in [6.45, 7) is -1.20. The molecule has 40 heavy (non-hydrogen) atoms. The molecule has 216 valence electrons. The smallest absolute Gasteiger partial charge is 0.488 e. The number of ether oxygens (including phenoxy) is 2. The van der Waals surface area contributed by atoms with Gasteiger partial charge in [0.1, 0.15) is 12.4 Å². The number of anilines is 1. The highest BCUT2D eigenvalue weighted by atomic mass is 32.2. The van der Waals surface area contributed by atoms with Crippen molar-refractivity contribution >= 4 is 17.4 Å². The predicted octanol–water partition coefficient (Wildman–Crippen LogP) is 7.87. The highest BCUT2D eigenvalue weighted by Gasteiger charge is 2.42. The molecule has 4 rings (SSSR count). The maximum absolute atomic E-state index is 13.4. The van der Waals surface area contributed by atoms with Gasteiger partial charge in [0.15, 0.2) is 11.9 Å². The highest BCUT2D eigenvalue weighted by Crippen LogP contribution is 2.46. The molecule has 0 fully saturated rings. The van der Waals surface area contributed by atoms with Gasteiger partial charge in [-0.3, -0.25) is 0 Å². The fraction of sp³-hybridized carbons (Fsp3) is 0.308. The van der Waals surface area contributed by atoms with Crippen LogP contribution in [0.5, 0.6) is 11.5 Å². The summed E-state index contributed by atoms with van der Waals surface area (Å²) >= 11 is -0.265. The molecule has 1 heterocycles. The number of hydrogen-bond acceptors (Lipinski definition) is 5. The minimum atomic E-state index is -4.98. The van der Waals surface area contributed by atoms with Gasteiger partial charge < -0.3 is 19.5 Å². The number of para-hydroxylation sites is 1. The van der Waals surface area contributed by atoms with Gasteiger partial charge in [-0.25, -0.2) is 0 Å². The summed E-state index contributed by atoms with van der Waals surface area (Å²) in [6.07, 6.45) is -12.7. The third-order valence-electron chi connectivity index (χ3n) is 5.93. The van der Waals surface area contributed by atoms with Crippen molar-refractivity contribution in [2.45, 2.75) is 35.9 Å². The molecule has 0 saturated carbocycles. The van der Waals surface area contributed by atoms with E-state index < -0.39 is 48.2 Å². The molecule has 2 unspecified atom stereocenters. The summed E-state index contributed by atoms with van der Waals surface area (Å²) in [5, 5.41) is 9.93. The number of benzene rings is 3. The maximum atomic E-state index is 13.4. The van der Waals surface area contributed by atoms with Gasteiger partial charge in [-0.1, -0.05) is 48.5 Å². The molecule has 1 aliphatic heterocycles. The van der Waals surface area contributed by atoms with Gasteiger partial charge in [-0.2, -0.15) is 26.3 Å². The third-order valence-corrected chi connectivity index (χ3v) is 6.73. The number of aliphatic hydroxyl groups is 1. The number of β-amino-alcohol motifs (C(OH)–C–C–N with tert-alkyl or cyclic N) is 1. The molecule has 3 aromatic rings. The Morgan fingerprint density at radius 1 is 0.925 bits per heavy atom. The van der Waals surface area contributed by atoms with E-state index in [2.05, 4.69) is 4.74 Å². The molecule has 4 nitrogen and oxygen atoms in total. The first-order chi connectivity index (χ1) is 18.6. The number of fused-ring (bicyclic) bond motifs is 1. The molecule has 0 aliphatic carbocycles. The van der Waals surface area contributed by atoms with Crippen LogP contribution in [0.1, 0.15) is 17.2 Å². The van der Waals surface area contributed by atoms with E-state index in [1.807, 2.05) is 0 Å². The van der Waals surface area contributed by atoms with E-state index in [-0.39, 0.29) is 46.5 Å². The average molecular weight is 597 g/mol. The molecule has 0 spiro atoms. The first-order valence-corrected chi connectivity index (χ1v) is 12.5. The number of hydrogen-bond donors (Lipinski definition) is 1. The van der Waals surface area contributed by atoms with E-state index in [1.54, 1.807) is 0 Å². The van der Waals surface area contributed by atoms with Crippen molar-refractivity contribution in [2.75, 3.05) is 18.1 Å². The van der Waals surface area contributed by atoms with E-state index in [0.29, 0.717) is 5.56 Å². The van der Waals surface area contributed by atoms with Crippen molar-refractivity contribution in [2.24, 2.45) is 0 Å². The van der Waals surface area contributed by atoms with Crippen LogP contribution in [0.2, 0.25) is 0 Å². The van der Waals surface area contributed by atoms with Crippen LogP contribution in [0.25, 0.3) is 11.1 Å². The zero-order valence-corrected chi connectivity index (χ0v) is 21.0. The van der Waals surface area contributed by atoms with E-state index >= 15 is 0 Å². The molecule has 14 heteroatoms. The van der Waals surface area contributed by atoms with Crippen molar-refractivity contribution in [3.8, 4) is 22.6 Å². The molecule has 0 saturated heterocycles. The Morgan fingerprint density at radius 2 is 1.62 bits per heavy atom. The van der Waals surface area contributed by atoms with Crippen LogP contribution < -0.4 is 14.4 Å². The zero-order valence-electron chi connectivity index (χ0n) is 20.1. The fourth-order valence-electron chi connectivity index (χ4n) is 4.26. The second-order valence-electron chi connectivity index (χ2n) is 8.75. The van der Waals surface area contributed by atoms with E-state index in [0.717, 1.165) is 12.1 Å². The Kier molecular flexibility index (Phi) is 8.41. The Balaban J connectivity index is 1.74. The topological polar surface area (TPSA) is 41.9 Å². The van der Waals surface area contributed by atoms with Crippen molar-refractivity contribution in [3.63, 3.8) is 0 Å². The summed E-state index contributed by atoms with van der Waals surface area (Å²) in [4.78, 5) is 1.23. The molecular formula is C26H20F9NO3S. The van der Waals surface area contributed by atoms with E-state index in [1.165, 1.54) is 59.5 Å².